The van der Waals surface area contributed by atoms with Crippen LogP contribution in [0, 0.1) is 10.1 Å². The minimum absolute atomic E-state index is 0.122. The summed E-state index contributed by atoms with van der Waals surface area (Å²) in [5.41, 5.74) is 2.07. The van der Waals surface area contributed by atoms with Crippen molar-refractivity contribution in [2.45, 2.75) is 0 Å². The Bertz CT molecular complexity index is 603. The number of nitrogen functional groups attached to an aromatic ring is 1. The Labute approximate surface area is 116 Å². The number of nitrogens with zero attached hydrogens (tertiary/aromatic N) is 2. The van der Waals surface area contributed by atoms with Crippen molar-refractivity contribution in [1.29, 1.82) is 0 Å². The average molecular weight is 325 g/mol. The van der Waals surface area contributed by atoms with Gasteiger partial charge in [-0.25, -0.2) is 5.84 Å². The largest absolute Gasteiger partial charge is 0.434 e. The maximum Gasteiger partial charge on any atom is 0.331 e. The maximum absolute atomic E-state index is 10.9. The zero-order valence-corrected chi connectivity index (χ0v) is 11.1. The third-order valence-corrected chi connectivity index (χ3v) is 2.74. The number of nitro groups is 1. The first kappa shape index (κ1) is 13.2. The van der Waals surface area contributed by atoms with Crippen molar-refractivity contribution in [2.24, 2.45) is 5.84 Å². The van der Waals surface area contributed by atoms with Gasteiger partial charge in [0.15, 0.2) is 0 Å². The molecule has 1 heterocycles. The van der Waals surface area contributed by atoms with E-state index in [1.54, 1.807) is 24.3 Å². The molecule has 0 radical (unpaired) electrons. The molecule has 0 saturated carbocycles. The van der Waals surface area contributed by atoms with Crippen LogP contribution in [0.3, 0.4) is 0 Å². The lowest BCUT2D eigenvalue weighted by Gasteiger charge is -2.07. The molecule has 3 N–H and O–H groups in total. The summed E-state index contributed by atoms with van der Waals surface area (Å²) >= 11 is 3.29. The van der Waals surface area contributed by atoms with Crippen LogP contribution in [0.4, 0.5) is 11.5 Å². The lowest BCUT2D eigenvalue weighted by atomic mass is 10.3. The summed E-state index contributed by atoms with van der Waals surface area (Å²) < 4.78 is 6.27. The molecule has 1 aromatic heterocycles. The van der Waals surface area contributed by atoms with Gasteiger partial charge in [0.05, 0.1) is 4.92 Å². The van der Waals surface area contributed by atoms with E-state index in [1.165, 1.54) is 12.1 Å². The summed E-state index contributed by atoms with van der Waals surface area (Å²) in [5.74, 6) is 5.81. The monoisotopic (exact) mass is 324 g/mol. The number of rotatable bonds is 4. The van der Waals surface area contributed by atoms with Gasteiger partial charge in [0.2, 0.25) is 0 Å². The molecular weight excluding hydrogens is 316 g/mol. The number of hydrogen-bond donors (Lipinski definition) is 2. The molecule has 0 aliphatic carbocycles. The first-order valence-electron chi connectivity index (χ1n) is 5.15. The van der Waals surface area contributed by atoms with E-state index in [0.29, 0.717) is 5.75 Å². The van der Waals surface area contributed by atoms with Crippen LogP contribution < -0.4 is 16.0 Å². The van der Waals surface area contributed by atoms with Crippen LogP contribution in [-0.4, -0.2) is 9.91 Å². The number of pyridine rings is 1. The molecule has 0 amide bonds. The Hall–Kier alpha value is -2.19. The summed E-state index contributed by atoms with van der Waals surface area (Å²) in [6, 6.07) is 9.51. The lowest BCUT2D eigenvalue weighted by Crippen LogP contribution is -2.09. The second-order valence-corrected chi connectivity index (χ2v) is 4.39. The third-order valence-electron chi connectivity index (χ3n) is 2.21. The zero-order valence-electron chi connectivity index (χ0n) is 9.54. The van der Waals surface area contributed by atoms with Gasteiger partial charge in [0.25, 0.3) is 0 Å². The minimum atomic E-state index is -0.568. The van der Waals surface area contributed by atoms with Gasteiger partial charge in [-0.3, -0.25) is 10.1 Å². The predicted octanol–water partition coefficient (Wildman–Crippen LogP) is 2.83. The van der Waals surface area contributed by atoms with Crippen molar-refractivity contribution < 1.29 is 9.66 Å². The van der Waals surface area contributed by atoms with Gasteiger partial charge in [-0.2, -0.15) is 4.98 Å². The second kappa shape index (κ2) is 5.63. The number of nitrogens with two attached hydrogens (primary N) is 1. The molecule has 2 rings (SSSR count). The number of hydrogen-bond acceptors (Lipinski definition) is 6. The molecule has 0 atom stereocenters. The van der Waals surface area contributed by atoms with Gasteiger partial charge in [-0.05, 0) is 30.3 Å². The average Bonchev–Trinajstić information content (AvgIpc) is 2.41. The molecule has 0 fully saturated rings. The van der Waals surface area contributed by atoms with Crippen LogP contribution in [0.2, 0.25) is 0 Å². The van der Waals surface area contributed by atoms with Crippen molar-refractivity contribution in [2.75, 3.05) is 5.43 Å². The van der Waals surface area contributed by atoms with E-state index < -0.39 is 4.92 Å². The van der Waals surface area contributed by atoms with E-state index in [0.717, 1.165) is 4.47 Å². The number of hydrazine groups is 1. The Morgan fingerprint density at radius 1 is 1.26 bits per heavy atom. The smallest absolute Gasteiger partial charge is 0.331 e. The Balaban J connectivity index is 2.36. The van der Waals surface area contributed by atoms with Crippen molar-refractivity contribution >= 4 is 27.4 Å². The van der Waals surface area contributed by atoms with E-state index >= 15 is 0 Å². The Morgan fingerprint density at radius 2 is 1.95 bits per heavy atom. The third kappa shape index (κ3) is 3.18. The summed E-state index contributed by atoms with van der Waals surface area (Å²) in [4.78, 5) is 14.2. The number of aromatic nitrogens is 1. The normalized spacial score (nSPS) is 10.0. The molecule has 0 saturated heterocycles. The van der Waals surface area contributed by atoms with Crippen LogP contribution in [0.15, 0.2) is 40.9 Å². The van der Waals surface area contributed by atoms with Gasteiger partial charge < -0.3 is 10.2 Å². The van der Waals surface area contributed by atoms with E-state index in [2.05, 4.69) is 26.3 Å². The lowest BCUT2D eigenvalue weighted by molar-refractivity contribution is -0.386. The number of benzene rings is 1. The first-order valence-corrected chi connectivity index (χ1v) is 5.95. The highest BCUT2D eigenvalue weighted by molar-refractivity contribution is 9.10. The summed E-state index contributed by atoms with van der Waals surface area (Å²) in [6.07, 6.45) is 0. The first-order chi connectivity index (χ1) is 9.10. The molecule has 7 nitrogen and oxygen atoms in total. The summed E-state index contributed by atoms with van der Waals surface area (Å²) in [5, 5.41) is 10.9. The number of nitrogens with one attached hydrogen (secondary N) is 1. The molecule has 0 aliphatic rings. The second-order valence-electron chi connectivity index (χ2n) is 3.48. The van der Waals surface area contributed by atoms with E-state index in [1.807, 2.05) is 0 Å². The summed E-state index contributed by atoms with van der Waals surface area (Å²) in [6.45, 7) is 0. The number of ether oxygens (including phenoxy) is 1. The predicted molar refractivity (Wildman–Crippen MR) is 72.9 cm³/mol. The Kier molecular flexibility index (Phi) is 3.93. The fourth-order valence-corrected chi connectivity index (χ4v) is 1.61. The SMILES string of the molecule is NNc1ccc([N+](=O)[O-])c(Oc2ccc(Br)cc2)n1. The summed E-state index contributed by atoms with van der Waals surface area (Å²) in [7, 11) is 0. The molecule has 19 heavy (non-hydrogen) atoms. The Morgan fingerprint density at radius 3 is 2.53 bits per heavy atom. The van der Waals surface area contributed by atoms with E-state index in [9.17, 15) is 10.1 Å². The highest BCUT2D eigenvalue weighted by Crippen LogP contribution is 2.30. The van der Waals surface area contributed by atoms with Crippen LogP contribution in [0.5, 0.6) is 11.6 Å². The highest BCUT2D eigenvalue weighted by atomic mass is 79.9. The molecule has 2 aromatic rings. The maximum atomic E-state index is 10.9. The van der Waals surface area contributed by atoms with Gasteiger partial charge >= 0.3 is 11.6 Å². The molecular formula is C11H9BrN4O3. The van der Waals surface area contributed by atoms with Crippen molar-refractivity contribution in [1.82, 2.24) is 4.98 Å². The topological polar surface area (TPSA) is 103 Å². The highest BCUT2D eigenvalue weighted by Gasteiger charge is 2.18. The molecule has 8 heteroatoms. The number of halogens is 1. The van der Waals surface area contributed by atoms with E-state index in [4.69, 9.17) is 10.6 Å². The number of anilines is 1. The van der Waals surface area contributed by atoms with Crippen LogP contribution >= 0.6 is 15.9 Å². The van der Waals surface area contributed by atoms with Crippen molar-refractivity contribution in [3.63, 3.8) is 0 Å². The standard InChI is InChI=1S/C11H9BrN4O3/c12-7-1-3-8(4-2-7)19-11-9(16(17)18)5-6-10(14-11)15-13/h1-6H,13H2,(H,14,15). The molecule has 1 aromatic carbocycles. The molecule has 0 aliphatic heterocycles. The van der Waals surface area contributed by atoms with Gasteiger partial charge in [0, 0.05) is 10.5 Å². The molecule has 0 bridgehead atoms. The fourth-order valence-electron chi connectivity index (χ4n) is 1.34. The van der Waals surface area contributed by atoms with Gasteiger partial charge in [-0.1, -0.05) is 15.9 Å². The quantitative estimate of drug-likeness (QED) is 0.509. The van der Waals surface area contributed by atoms with Crippen LogP contribution in [0.1, 0.15) is 0 Å². The van der Waals surface area contributed by atoms with Gasteiger partial charge in [-0.15, -0.1) is 0 Å². The van der Waals surface area contributed by atoms with Crippen molar-refractivity contribution in [3.8, 4) is 11.6 Å². The molecule has 0 unspecified atom stereocenters. The van der Waals surface area contributed by atoms with Crippen LogP contribution in [0.25, 0.3) is 0 Å². The zero-order chi connectivity index (χ0) is 13.8. The molecule has 0 spiro atoms. The molecule has 98 valence electrons. The van der Waals surface area contributed by atoms with Crippen molar-refractivity contribution in [3.05, 3.63) is 51.0 Å². The minimum Gasteiger partial charge on any atom is -0.434 e. The van der Waals surface area contributed by atoms with Crippen LogP contribution in [-0.2, 0) is 0 Å². The fraction of sp³-hybridized carbons (Fsp3) is 0. The van der Waals surface area contributed by atoms with Gasteiger partial charge in [0.1, 0.15) is 11.6 Å². The van der Waals surface area contributed by atoms with E-state index in [-0.39, 0.29) is 17.4 Å².